The van der Waals surface area contributed by atoms with Gasteiger partial charge in [-0.25, -0.2) is 0 Å². The fraction of sp³-hybridized carbons (Fsp3) is 0.214. The Morgan fingerprint density at radius 1 is 1.32 bits per heavy atom. The van der Waals surface area contributed by atoms with E-state index in [-0.39, 0.29) is 22.9 Å². The molecule has 4 nitrogen and oxygen atoms in total. The van der Waals surface area contributed by atoms with E-state index >= 15 is 0 Å². The van der Waals surface area contributed by atoms with Gasteiger partial charge in [0, 0.05) is 5.56 Å². The highest BCUT2D eigenvalue weighted by Crippen LogP contribution is 2.24. The van der Waals surface area contributed by atoms with Crippen molar-refractivity contribution >= 4 is 17.5 Å². The van der Waals surface area contributed by atoms with E-state index < -0.39 is 0 Å². The van der Waals surface area contributed by atoms with Gasteiger partial charge in [0.05, 0.1) is 13.2 Å². The average Bonchev–Trinajstić information content (AvgIpc) is 2.85. The fourth-order valence-corrected chi connectivity index (χ4v) is 1.95. The lowest BCUT2D eigenvalue weighted by Crippen LogP contribution is -2.26. The molecule has 2 aromatic rings. The van der Waals surface area contributed by atoms with Crippen LogP contribution in [0.25, 0.3) is 0 Å². The molecule has 0 fully saturated rings. The first-order chi connectivity index (χ1) is 9.11. The van der Waals surface area contributed by atoms with E-state index in [1.807, 2.05) is 31.2 Å². The van der Waals surface area contributed by atoms with Gasteiger partial charge in [-0.05, 0) is 36.7 Å². The number of nitrogens with one attached hydrogen (secondary N) is 1. The zero-order valence-electron chi connectivity index (χ0n) is 10.6. The van der Waals surface area contributed by atoms with Gasteiger partial charge in [-0.2, -0.15) is 0 Å². The van der Waals surface area contributed by atoms with Gasteiger partial charge < -0.3 is 14.5 Å². The van der Waals surface area contributed by atoms with Crippen molar-refractivity contribution in [2.24, 2.45) is 0 Å². The van der Waals surface area contributed by atoms with Crippen molar-refractivity contribution in [3.05, 3.63) is 52.9 Å². The number of ether oxygens (including phenoxy) is 1. The SMILES string of the molecule is COc1ccccc1C(C)NC(=O)c1ccc(Cl)o1. The van der Waals surface area contributed by atoms with Gasteiger partial charge in [0.25, 0.3) is 5.91 Å². The Bertz CT molecular complexity index is 580. The van der Waals surface area contributed by atoms with Crippen molar-refractivity contribution < 1.29 is 13.9 Å². The molecule has 0 bridgehead atoms. The second-order valence-electron chi connectivity index (χ2n) is 4.04. The summed E-state index contributed by atoms with van der Waals surface area (Å²) in [6.45, 7) is 1.88. The monoisotopic (exact) mass is 279 g/mol. The molecule has 1 heterocycles. The molecule has 0 spiro atoms. The predicted molar refractivity (Wildman–Crippen MR) is 72.6 cm³/mol. The summed E-state index contributed by atoms with van der Waals surface area (Å²) in [4.78, 5) is 11.9. The zero-order valence-corrected chi connectivity index (χ0v) is 11.4. The van der Waals surface area contributed by atoms with Crippen molar-refractivity contribution in [1.82, 2.24) is 5.32 Å². The number of hydrogen-bond donors (Lipinski definition) is 1. The quantitative estimate of drug-likeness (QED) is 0.933. The topological polar surface area (TPSA) is 51.5 Å². The summed E-state index contributed by atoms with van der Waals surface area (Å²) in [6.07, 6.45) is 0. The van der Waals surface area contributed by atoms with Crippen LogP contribution in [-0.4, -0.2) is 13.0 Å². The molecule has 0 radical (unpaired) electrons. The van der Waals surface area contributed by atoms with Crippen molar-refractivity contribution in [2.45, 2.75) is 13.0 Å². The lowest BCUT2D eigenvalue weighted by molar-refractivity contribution is 0.0911. The van der Waals surface area contributed by atoms with Crippen molar-refractivity contribution in [3.63, 3.8) is 0 Å². The largest absolute Gasteiger partial charge is 0.496 e. The highest BCUT2D eigenvalue weighted by molar-refractivity contribution is 6.29. The van der Waals surface area contributed by atoms with Crippen LogP contribution in [-0.2, 0) is 0 Å². The average molecular weight is 280 g/mol. The van der Waals surface area contributed by atoms with Crippen LogP contribution in [0.1, 0.15) is 29.1 Å². The molecule has 0 aliphatic carbocycles. The second kappa shape index (κ2) is 5.80. The summed E-state index contributed by atoms with van der Waals surface area (Å²) < 4.78 is 10.3. The molecule has 1 aromatic carbocycles. The summed E-state index contributed by atoms with van der Waals surface area (Å²) in [7, 11) is 1.60. The van der Waals surface area contributed by atoms with Gasteiger partial charge in [-0.15, -0.1) is 0 Å². The van der Waals surface area contributed by atoms with Gasteiger partial charge in [0.15, 0.2) is 11.0 Å². The molecular formula is C14H14ClNO3. The first-order valence-corrected chi connectivity index (χ1v) is 6.18. The van der Waals surface area contributed by atoms with Gasteiger partial charge in [0.2, 0.25) is 0 Å². The molecule has 1 atom stereocenters. The zero-order chi connectivity index (χ0) is 13.8. The highest BCUT2D eigenvalue weighted by atomic mass is 35.5. The third-order valence-corrected chi connectivity index (χ3v) is 2.95. The Hall–Kier alpha value is -1.94. The smallest absolute Gasteiger partial charge is 0.287 e. The Kier molecular flexibility index (Phi) is 4.12. The number of para-hydroxylation sites is 1. The Balaban J connectivity index is 2.12. The molecule has 0 aliphatic heterocycles. The van der Waals surface area contributed by atoms with E-state index in [0.717, 1.165) is 11.3 Å². The molecule has 2 rings (SSSR count). The Labute approximate surface area is 116 Å². The normalized spacial score (nSPS) is 11.9. The number of benzene rings is 1. The lowest BCUT2D eigenvalue weighted by atomic mass is 10.1. The molecule has 0 saturated carbocycles. The number of carbonyl (C=O) groups excluding carboxylic acids is 1. The molecule has 1 aromatic heterocycles. The molecule has 0 saturated heterocycles. The van der Waals surface area contributed by atoms with Crippen LogP contribution >= 0.6 is 11.6 Å². The standard InChI is InChI=1S/C14H14ClNO3/c1-9(10-5-3-4-6-11(10)18-2)16-14(17)12-7-8-13(15)19-12/h3-9H,1-2H3,(H,16,17). The summed E-state index contributed by atoms with van der Waals surface area (Å²) in [5.41, 5.74) is 0.899. The van der Waals surface area contributed by atoms with Crippen LogP contribution in [0.5, 0.6) is 5.75 Å². The minimum Gasteiger partial charge on any atom is -0.496 e. The first-order valence-electron chi connectivity index (χ1n) is 5.81. The molecular weight excluding hydrogens is 266 g/mol. The summed E-state index contributed by atoms with van der Waals surface area (Å²) in [5.74, 6) is 0.602. The molecule has 1 N–H and O–H groups in total. The van der Waals surface area contributed by atoms with Crippen LogP contribution in [0.2, 0.25) is 5.22 Å². The van der Waals surface area contributed by atoms with E-state index in [2.05, 4.69) is 5.32 Å². The summed E-state index contributed by atoms with van der Waals surface area (Å²) in [5, 5.41) is 3.02. The van der Waals surface area contributed by atoms with E-state index in [1.54, 1.807) is 7.11 Å². The van der Waals surface area contributed by atoms with Gasteiger partial charge in [-0.1, -0.05) is 18.2 Å². The third kappa shape index (κ3) is 3.09. The fourth-order valence-electron chi connectivity index (χ4n) is 1.81. The summed E-state index contributed by atoms with van der Waals surface area (Å²) >= 11 is 5.64. The van der Waals surface area contributed by atoms with Crippen LogP contribution in [0.3, 0.4) is 0 Å². The van der Waals surface area contributed by atoms with Crippen molar-refractivity contribution in [2.75, 3.05) is 7.11 Å². The number of methoxy groups -OCH3 is 1. The molecule has 1 unspecified atom stereocenters. The summed E-state index contributed by atoms with van der Waals surface area (Å²) in [6, 6.07) is 10.4. The molecule has 0 aliphatic rings. The number of carbonyl (C=O) groups is 1. The van der Waals surface area contributed by atoms with E-state index in [4.69, 9.17) is 20.8 Å². The molecule has 19 heavy (non-hydrogen) atoms. The maximum Gasteiger partial charge on any atom is 0.287 e. The third-order valence-electron chi connectivity index (χ3n) is 2.75. The van der Waals surface area contributed by atoms with E-state index in [9.17, 15) is 4.79 Å². The Morgan fingerprint density at radius 3 is 2.68 bits per heavy atom. The number of amides is 1. The maximum atomic E-state index is 11.9. The number of furan rings is 1. The van der Waals surface area contributed by atoms with Crippen LogP contribution in [0.15, 0.2) is 40.8 Å². The second-order valence-corrected chi connectivity index (χ2v) is 4.41. The van der Waals surface area contributed by atoms with Crippen molar-refractivity contribution in [3.8, 4) is 5.75 Å². The van der Waals surface area contributed by atoms with Crippen LogP contribution < -0.4 is 10.1 Å². The number of rotatable bonds is 4. The number of halogens is 1. The molecule has 5 heteroatoms. The van der Waals surface area contributed by atoms with Crippen LogP contribution in [0.4, 0.5) is 0 Å². The van der Waals surface area contributed by atoms with Gasteiger partial charge >= 0.3 is 0 Å². The van der Waals surface area contributed by atoms with Gasteiger partial charge in [0.1, 0.15) is 5.75 Å². The van der Waals surface area contributed by atoms with Gasteiger partial charge in [-0.3, -0.25) is 4.79 Å². The van der Waals surface area contributed by atoms with E-state index in [0.29, 0.717) is 0 Å². The Morgan fingerprint density at radius 2 is 2.05 bits per heavy atom. The van der Waals surface area contributed by atoms with Crippen molar-refractivity contribution in [1.29, 1.82) is 0 Å². The maximum absolute atomic E-state index is 11.9. The lowest BCUT2D eigenvalue weighted by Gasteiger charge is -2.16. The minimum absolute atomic E-state index is 0.187. The van der Waals surface area contributed by atoms with E-state index in [1.165, 1.54) is 12.1 Å². The predicted octanol–water partition coefficient (Wildman–Crippen LogP) is 3.43. The number of hydrogen-bond acceptors (Lipinski definition) is 3. The molecule has 1 amide bonds. The first kappa shape index (κ1) is 13.5. The molecule has 100 valence electrons. The minimum atomic E-state index is -0.315. The van der Waals surface area contributed by atoms with Crippen LogP contribution in [0, 0.1) is 0 Å². The highest BCUT2D eigenvalue weighted by Gasteiger charge is 2.16.